The van der Waals surface area contributed by atoms with Crippen molar-refractivity contribution in [2.45, 2.75) is 32.2 Å². The smallest absolute Gasteiger partial charge is 0.268 e. The Hall–Kier alpha value is -3.16. The van der Waals surface area contributed by atoms with Gasteiger partial charge in [0.15, 0.2) is 0 Å². The minimum atomic E-state index is -3.82. The second-order valence-electron chi connectivity index (χ2n) is 8.15. The number of halogens is 1. The Bertz CT molecular complexity index is 1400. The van der Waals surface area contributed by atoms with Crippen molar-refractivity contribution in [1.82, 2.24) is 9.29 Å². The van der Waals surface area contributed by atoms with Gasteiger partial charge in [0.05, 0.1) is 16.1 Å². The van der Waals surface area contributed by atoms with Crippen molar-refractivity contribution < 1.29 is 12.8 Å². The average Bonchev–Trinajstić information content (AvgIpc) is 3.08. The summed E-state index contributed by atoms with van der Waals surface area (Å²) in [4.78, 5) is 0.242. The van der Waals surface area contributed by atoms with Gasteiger partial charge in [0.1, 0.15) is 5.82 Å². The number of hydrogen-bond acceptors (Lipinski definition) is 4. The number of aromatic nitrogens is 1. The third kappa shape index (κ3) is 4.13. The monoisotopic (exact) mass is 451 g/mol. The Morgan fingerprint density at radius 2 is 1.62 bits per heavy atom. The highest BCUT2D eigenvalue weighted by atomic mass is 32.2. The molecule has 0 unspecified atom stereocenters. The summed E-state index contributed by atoms with van der Waals surface area (Å²) in [5, 5.41) is 6.98. The van der Waals surface area contributed by atoms with Crippen molar-refractivity contribution in [3.05, 3.63) is 88.9 Å². The highest BCUT2D eigenvalue weighted by Crippen LogP contribution is 2.31. The zero-order chi connectivity index (χ0) is 23.0. The Balaban J connectivity index is 1.87. The van der Waals surface area contributed by atoms with Gasteiger partial charge in [-0.2, -0.15) is 0 Å². The fraction of sp³-hybridized carbons (Fsp3) is 0.200. The molecule has 2 N–H and O–H groups in total. The molecule has 0 atom stereocenters. The van der Waals surface area contributed by atoms with E-state index in [2.05, 4.69) is 10.6 Å². The summed E-state index contributed by atoms with van der Waals surface area (Å²) in [6.45, 7) is 6.10. The van der Waals surface area contributed by atoms with E-state index >= 15 is 0 Å². The first-order valence-electron chi connectivity index (χ1n) is 10.3. The fourth-order valence-corrected chi connectivity index (χ4v) is 5.52. The Labute approximate surface area is 187 Å². The molecule has 0 aliphatic carbocycles. The third-order valence-corrected chi connectivity index (χ3v) is 7.03. The largest absolute Gasteiger partial charge is 0.353 e. The summed E-state index contributed by atoms with van der Waals surface area (Å²) in [5.74, 6) is -0.362. The van der Waals surface area contributed by atoms with E-state index in [1.54, 1.807) is 30.5 Å². The van der Waals surface area contributed by atoms with Gasteiger partial charge in [-0.15, -0.1) is 0 Å². The Morgan fingerprint density at radius 3 is 2.28 bits per heavy atom. The predicted octanol–water partition coefficient (Wildman–Crippen LogP) is 5.41. The van der Waals surface area contributed by atoms with Crippen LogP contribution >= 0.6 is 0 Å². The van der Waals surface area contributed by atoms with Gasteiger partial charge in [-0.3, -0.25) is 0 Å². The van der Waals surface area contributed by atoms with Gasteiger partial charge in [0.25, 0.3) is 10.0 Å². The number of aryl methyl sites for hydroxylation is 3. The molecule has 0 radical (unpaired) electrons. The van der Waals surface area contributed by atoms with Crippen molar-refractivity contribution >= 4 is 32.3 Å². The minimum Gasteiger partial charge on any atom is -0.353 e. The molecule has 0 saturated carbocycles. The molecular formula is C25H26FN3O2S. The quantitative estimate of drug-likeness (QED) is 0.412. The lowest BCUT2D eigenvalue weighted by Gasteiger charge is -2.12. The Morgan fingerprint density at radius 1 is 0.906 bits per heavy atom. The zero-order valence-corrected chi connectivity index (χ0v) is 19.3. The lowest BCUT2D eigenvalue weighted by Crippen LogP contribution is -2.13. The number of fused-ring (bicyclic) bond motifs is 1. The van der Waals surface area contributed by atoms with Crippen molar-refractivity contribution in [1.29, 1.82) is 0 Å². The molecule has 0 saturated heterocycles. The van der Waals surface area contributed by atoms with Crippen molar-refractivity contribution in [2.24, 2.45) is 0 Å². The molecule has 0 aliphatic heterocycles. The molecule has 1 aromatic heterocycles. The molecule has 0 spiro atoms. The molecular weight excluding hydrogens is 425 g/mol. The number of benzene rings is 3. The second kappa shape index (κ2) is 8.41. The zero-order valence-electron chi connectivity index (χ0n) is 18.5. The van der Waals surface area contributed by atoms with E-state index in [1.165, 1.54) is 10.0 Å². The van der Waals surface area contributed by atoms with Crippen LogP contribution in [-0.4, -0.2) is 19.4 Å². The standard InChI is InChI=1S/C25H26FN3O2S/c1-16-5-8-24(23(26)12-16)28-20-6-7-22-19(14-27-4)15-29(25(22)13-20)32(30,31)21-10-17(2)9-18(3)11-21/h5-13,15,27-28H,14H2,1-4H3. The van der Waals surface area contributed by atoms with Gasteiger partial charge in [0, 0.05) is 23.8 Å². The summed E-state index contributed by atoms with van der Waals surface area (Å²) in [6.07, 6.45) is 1.66. The number of nitrogens with zero attached hydrogens (tertiary/aromatic N) is 1. The molecule has 4 aromatic rings. The first-order chi connectivity index (χ1) is 15.2. The van der Waals surface area contributed by atoms with Crippen LogP contribution in [0.15, 0.2) is 65.7 Å². The van der Waals surface area contributed by atoms with Crippen LogP contribution < -0.4 is 10.6 Å². The molecule has 3 aromatic carbocycles. The van der Waals surface area contributed by atoms with Gasteiger partial charge in [-0.1, -0.05) is 18.2 Å². The molecule has 0 fully saturated rings. The van der Waals surface area contributed by atoms with E-state index in [9.17, 15) is 12.8 Å². The maximum atomic E-state index is 14.3. The van der Waals surface area contributed by atoms with Crippen molar-refractivity contribution in [3.63, 3.8) is 0 Å². The minimum absolute atomic E-state index is 0.242. The first kappa shape index (κ1) is 22.0. The lowest BCUT2D eigenvalue weighted by atomic mass is 10.1. The van der Waals surface area contributed by atoms with Crippen LogP contribution in [0.5, 0.6) is 0 Å². The summed E-state index contributed by atoms with van der Waals surface area (Å²) in [5.41, 5.74) is 4.93. The summed E-state index contributed by atoms with van der Waals surface area (Å²) in [6, 6.07) is 15.7. The van der Waals surface area contributed by atoms with E-state index in [0.717, 1.165) is 27.6 Å². The van der Waals surface area contributed by atoms with Crippen LogP contribution in [-0.2, 0) is 16.6 Å². The summed E-state index contributed by atoms with van der Waals surface area (Å²) < 4.78 is 42.9. The predicted molar refractivity (Wildman–Crippen MR) is 128 cm³/mol. The highest BCUT2D eigenvalue weighted by molar-refractivity contribution is 7.90. The van der Waals surface area contributed by atoms with Crippen LogP contribution in [0, 0.1) is 26.6 Å². The van der Waals surface area contributed by atoms with Gasteiger partial charge in [-0.25, -0.2) is 16.8 Å². The summed E-state index contributed by atoms with van der Waals surface area (Å²) >= 11 is 0. The van der Waals surface area contributed by atoms with E-state index in [0.29, 0.717) is 23.4 Å². The normalized spacial score (nSPS) is 11.8. The molecule has 166 valence electrons. The van der Waals surface area contributed by atoms with Crippen LogP contribution in [0.4, 0.5) is 15.8 Å². The van der Waals surface area contributed by atoms with Crippen LogP contribution in [0.25, 0.3) is 10.9 Å². The SMILES string of the molecule is CNCc1cn(S(=O)(=O)c2cc(C)cc(C)c2)c2cc(Nc3ccc(C)cc3F)ccc12. The number of anilines is 2. The molecule has 0 amide bonds. The van der Waals surface area contributed by atoms with Gasteiger partial charge in [0.2, 0.25) is 0 Å². The Kier molecular flexibility index (Phi) is 5.79. The second-order valence-corrected chi connectivity index (χ2v) is 9.96. The lowest BCUT2D eigenvalue weighted by molar-refractivity contribution is 0.588. The van der Waals surface area contributed by atoms with E-state index in [1.807, 2.05) is 52.1 Å². The van der Waals surface area contributed by atoms with E-state index in [-0.39, 0.29) is 10.7 Å². The molecule has 5 nitrogen and oxygen atoms in total. The molecule has 0 aliphatic rings. The molecule has 32 heavy (non-hydrogen) atoms. The summed E-state index contributed by atoms with van der Waals surface area (Å²) in [7, 11) is -2.01. The average molecular weight is 452 g/mol. The van der Waals surface area contributed by atoms with Crippen LogP contribution in [0.1, 0.15) is 22.3 Å². The highest BCUT2D eigenvalue weighted by Gasteiger charge is 2.22. The first-order valence-corrected chi connectivity index (χ1v) is 11.8. The van der Waals surface area contributed by atoms with Gasteiger partial charge >= 0.3 is 0 Å². The fourth-order valence-electron chi connectivity index (χ4n) is 3.95. The molecule has 4 rings (SSSR count). The molecule has 7 heteroatoms. The van der Waals surface area contributed by atoms with Crippen molar-refractivity contribution in [2.75, 3.05) is 12.4 Å². The third-order valence-electron chi connectivity index (χ3n) is 5.38. The van der Waals surface area contributed by atoms with Crippen LogP contribution in [0.3, 0.4) is 0 Å². The van der Waals surface area contributed by atoms with E-state index in [4.69, 9.17) is 0 Å². The maximum Gasteiger partial charge on any atom is 0.268 e. The van der Waals surface area contributed by atoms with Crippen LogP contribution in [0.2, 0.25) is 0 Å². The van der Waals surface area contributed by atoms with Crippen molar-refractivity contribution in [3.8, 4) is 0 Å². The van der Waals surface area contributed by atoms with Gasteiger partial charge < -0.3 is 10.6 Å². The molecule has 1 heterocycles. The maximum absolute atomic E-state index is 14.3. The number of hydrogen-bond donors (Lipinski definition) is 2. The molecule has 0 bridgehead atoms. The number of nitrogens with one attached hydrogen (secondary N) is 2. The van der Waals surface area contributed by atoms with Gasteiger partial charge in [-0.05, 0) is 86.5 Å². The van der Waals surface area contributed by atoms with E-state index < -0.39 is 10.0 Å². The number of rotatable bonds is 6. The topological polar surface area (TPSA) is 63.1 Å².